The van der Waals surface area contributed by atoms with Crippen molar-refractivity contribution in [3.63, 3.8) is 0 Å². The van der Waals surface area contributed by atoms with Crippen molar-refractivity contribution < 1.29 is 13.2 Å². The van der Waals surface area contributed by atoms with Gasteiger partial charge in [-0.3, -0.25) is 0 Å². The molecule has 1 nitrogen and oxygen atoms in total. The molecule has 1 unspecified atom stereocenters. The molecule has 1 rings (SSSR count). The van der Waals surface area contributed by atoms with E-state index in [9.17, 15) is 13.2 Å². The molecule has 0 saturated carbocycles. The molecule has 1 aromatic carbocycles. The van der Waals surface area contributed by atoms with Gasteiger partial charge in [0, 0.05) is 0 Å². The number of halogens is 3. The van der Waals surface area contributed by atoms with Crippen molar-refractivity contribution in [3.8, 4) is 0 Å². The summed E-state index contributed by atoms with van der Waals surface area (Å²) < 4.78 is 38.2. The standard InChI is InChI=1S/C11H14F3N/c1-8-4-2-3-5-9(8)10(6-7-15)11(12,13)14/h2-5,10H,6-7,15H2,1H3. The first-order valence-electron chi connectivity index (χ1n) is 4.79. The Labute approximate surface area is 87.1 Å². The Balaban J connectivity index is 3.05. The topological polar surface area (TPSA) is 26.0 Å². The quantitative estimate of drug-likeness (QED) is 0.827. The summed E-state index contributed by atoms with van der Waals surface area (Å²) >= 11 is 0. The molecule has 1 atom stereocenters. The van der Waals surface area contributed by atoms with E-state index in [4.69, 9.17) is 5.73 Å². The SMILES string of the molecule is Cc1ccccc1C(CCN)C(F)(F)F. The number of hydrogen-bond donors (Lipinski definition) is 1. The van der Waals surface area contributed by atoms with Crippen LogP contribution in [0.4, 0.5) is 13.2 Å². The van der Waals surface area contributed by atoms with E-state index in [1.807, 2.05) is 0 Å². The van der Waals surface area contributed by atoms with Crippen molar-refractivity contribution >= 4 is 0 Å². The summed E-state index contributed by atoms with van der Waals surface area (Å²) in [5, 5.41) is 0. The maximum absolute atomic E-state index is 12.7. The smallest absolute Gasteiger partial charge is 0.330 e. The van der Waals surface area contributed by atoms with E-state index < -0.39 is 12.1 Å². The maximum atomic E-state index is 12.7. The normalized spacial score (nSPS) is 13.9. The second-order valence-electron chi connectivity index (χ2n) is 3.53. The Bertz CT molecular complexity index is 320. The summed E-state index contributed by atoms with van der Waals surface area (Å²) in [7, 11) is 0. The molecule has 84 valence electrons. The predicted octanol–water partition coefficient (Wildman–Crippen LogP) is 2.99. The van der Waals surface area contributed by atoms with Crippen LogP contribution < -0.4 is 5.73 Å². The summed E-state index contributed by atoms with van der Waals surface area (Å²) in [6, 6.07) is 6.56. The molecular formula is C11H14F3N. The molecule has 1 aromatic rings. The lowest BCUT2D eigenvalue weighted by molar-refractivity contribution is -0.151. The summed E-state index contributed by atoms with van der Waals surface area (Å²) in [4.78, 5) is 0. The number of nitrogens with two attached hydrogens (primary N) is 1. The van der Waals surface area contributed by atoms with Crippen LogP contribution in [0.25, 0.3) is 0 Å². The second-order valence-corrected chi connectivity index (χ2v) is 3.53. The molecule has 0 spiro atoms. The summed E-state index contributed by atoms with van der Waals surface area (Å²) in [5.41, 5.74) is 6.20. The fourth-order valence-corrected chi connectivity index (χ4v) is 1.64. The fraction of sp³-hybridized carbons (Fsp3) is 0.455. The molecule has 0 aromatic heterocycles. The molecule has 4 heteroatoms. The third kappa shape index (κ3) is 2.96. The van der Waals surface area contributed by atoms with Crippen LogP contribution in [0.5, 0.6) is 0 Å². The number of benzene rings is 1. The summed E-state index contributed by atoms with van der Waals surface area (Å²) in [6.45, 7) is 1.73. The zero-order valence-corrected chi connectivity index (χ0v) is 8.51. The molecule has 0 aliphatic carbocycles. The lowest BCUT2D eigenvalue weighted by Crippen LogP contribution is -2.24. The molecular weight excluding hydrogens is 203 g/mol. The van der Waals surface area contributed by atoms with Crippen LogP contribution in [0.1, 0.15) is 23.5 Å². The van der Waals surface area contributed by atoms with Crippen molar-refractivity contribution in [2.24, 2.45) is 5.73 Å². The predicted molar refractivity (Wildman–Crippen MR) is 53.6 cm³/mol. The van der Waals surface area contributed by atoms with Gasteiger partial charge in [0.1, 0.15) is 0 Å². The maximum Gasteiger partial charge on any atom is 0.395 e. The summed E-state index contributed by atoms with van der Waals surface area (Å²) in [6.07, 6.45) is -4.28. The monoisotopic (exact) mass is 217 g/mol. The zero-order valence-electron chi connectivity index (χ0n) is 8.51. The first-order valence-corrected chi connectivity index (χ1v) is 4.79. The van der Waals surface area contributed by atoms with E-state index >= 15 is 0 Å². The van der Waals surface area contributed by atoms with Crippen molar-refractivity contribution in [3.05, 3.63) is 35.4 Å². The molecule has 0 fully saturated rings. The van der Waals surface area contributed by atoms with Gasteiger partial charge in [0.25, 0.3) is 0 Å². The van der Waals surface area contributed by atoms with Gasteiger partial charge in [-0.25, -0.2) is 0 Å². The molecule has 0 heterocycles. The van der Waals surface area contributed by atoms with Crippen LogP contribution in [-0.4, -0.2) is 12.7 Å². The van der Waals surface area contributed by atoms with Gasteiger partial charge in [-0.05, 0) is 31.0 Å². The molecule has 15 heavy (non-hydrogen) atoms. The van der Waals surface area contributed by atoms with E-state index in [1.165, 1.54) is 6.07 Å². The largest absolute Gasteiger partial charge is 0.395 e. The van der Waals surface area contributed by atoms with Gasteiger partial charge in [0.2, 0.25) is 0 Å². The Morgan fingerprint density at radius 1 is 1.27 bits per heavy atom. The molecule has 0 saturated heterocycles. The van der Waals surface area contributed by atoms with Gasteiger partial charge in [-0.15, -0.1) is 0 Å². The van der Waals surface area contributed by atoms with E-state index in [2.05, 4.69) is 0 Å². The van der Waals surface area contributed by atoms with Gasteiger partial charge < -0.3 is 5.73 Å². The Hall–Kier alpha value is -1.03. The minimum Gasteiger partial charge on any atom is -0.330 e. The average Bonchev–Trinajstić information content (AvgIpc) is 2.14. The molecule has 2 N–H and O–H groups in total. The minimum absolute atomic E-state index is 0.0402. The van der Waals surface area contributed by atoms with Gasteiger partial charge >= 0.3 is 6.18 Å². The molecule has 0 aliphatic rings. The van der Waals surface area contributed by atoms with Gasteiger partial charge in [-0.2, -0.15) is 13.2 Å². The lowest BCUT2D eigenvalue weighted by Gasteiger charge is -2.21. The van der Waals surface area contributed by atoms with Crippen LogP contribution in [0.15, 0.2) is 24.3 Å². The number of aryl methyl sites for hydroxylation is 1. The molecule has 0 bridgehead atoms. The van der Waals surface area contributed by atoms with E-state index in [-0.39, 0.29) is 13.0 Å². The highest BCUT2D eigenvalue weighted by atomic mass is 19.4. The fourth-order valence-electron chi connectivity index (χ4n) is 1.64. The average molecular weight is 217 g/mol. The van der Waals surface area contributed by atoms with Crippen LogP contribution in [0, 0.1) is 6.92 Å². The first kappa shape index (κ1) is 12.0. The van der Waals surface area contributed by atoms with Crippen LogP contribution >= 0.6 is 0 Å². The van der Waals surface area contributed by atoms with Crippen LogP contribution in [-0.2, 0) is 0 Å². The third-order valence-corrected chi connectivity index (χ3v) is 2.41. The number of rotatable bonds is 3. The van der Waals surface area contributed by atoms with E-state index in [1.54, 1.807) is 25.1 Å². The first-order chi connectivity index (χ1) is 6.96. The number of hydrogen-bond acceptors (Lipinski definition) is 1. The second kappa shape index (κ2) is 4.66. The highest BCUT2D eigenvalue weighted by Crippen LogP contribution is 2.38. The van der Waals surface area contributed by atoms with Crippen molar-refractivity contribution in [1.82, 2.24) is 0 Å². The van der Waals surface area contributed by atoms with Crippen molar-refractivity contribution in [2.45, 2.75) is 25.4 Å². The Morgan fingerprint density at radius 2 is 1.87 bits per heavy atom. The third-order valence-electron chi connectivity index (χ3n) is 2.41. The number of alkyl halides is 3. The van der Waals surface area contributed by atoms with Crippen molar-refractivity contribution in [1.29, 1.82) is 0 Å². The van der Waals surface area contributed by atoms with Gasteiger partial charge in [0.05, 0.1) is 5.92 Å². The summed E-state index contributed by atoms with van der Waals surface area (Å²) in [5.74, 6) is -1.44. The van der Waals surface area contributed by atoms with Gasteiger partial charge in [0.15, 0.2) is 0 Å². The highest BCUT2D eigenvalue weighted by molar-refractivity contribution is 5.30. The molecule has 0 radical (unpaired) electrons. The van der Waals surface area contributed by atoms with Crippen LogP contribution in [0.2, 0.25) is 0 Å². The Kier molecular flexibility index (Phi) is 3.74. The Morgan fingerprint density at radius 3 is 2.33 bits per heavy atom. The van der Waals surface area contributed by atoms with Crippen molar-refractivity contribution in [2.75, 3.05) is 6.54 Å². The molecule has 0 amide bonds. The minimum atomic E-state index is -4.22. The lowest BCUT2D eigenvalue weighted by atomic mass is 9.91. The van der Waals surface area contributed by atoms with E-state index in [0.29, 0.717) is 11.1 Å². The zero-order chi connectivity index (χ0) is 11.5. The van der Waals surface area contributed by atoms with Crippen LogP contribution in [0.3, 0.4) is 0 Å². The molecule has 0 aliphatic heterocycles. The highest BCUT2D eigenvalue weighted by Gasteiger charge is 2.40. The van der Waals surface area contributed by atoms with E-state index in [0.717, 1.165) is 0 Å². The van der Waals surface area contributed by atoms with Gasteiger partial charge in [-0.1, -0.05) is 24.3 Å².